The van der Waals surface area contributed by atoms with Crippen LogP contribution in [0.5, 0.6) is 0 Å². The lowest BCUT2D eigenvalue weighted by Gasteiger charge is -2.36. The van der Waals surface area contributed by atoms with Crippen LogP contribution >= 0.6 is 11.6 Å². The fourth-order valence-corrected chi connectivity index (χ4v) is 2.90. The molecule has 0 aliphatic rings. The molecule has 0 bridgehead atoms. The second kappa shape index (κ2) is 7.03. The molecule has 0 saturated heterocycles. The summed E-state index contributed by atoms with van der Waals surface area (Å²) in [4.78, 5) is 6.48. The molecule has 0 saturated carbocycles. The van der Waals surface area contributed by atoms with E-state index in [1.165, 1.54) is 5.56 Å². The Morgan fingerprint density at radius 3 is 2.43 bits per heavy atom. The molecule has 0 amide bonds. The molecule has 3 atom stereocenters. The molecule has 0 radical (unpaired) electrons. The van der Waals surface area contributed by atoms with Crippen LogP contribution in [-0.2, 0) is 0 Å². The zero-order valence-corrected chi connectivity index (χ0v) is 13.5. The van der Waals surface area contributed by atoms with E-state index >= 15 is 0 Å². The molecule has 0 fully saturated rings. The van der Waals surface area contributed by atoms with Crippen molar-refractivity contribution in [3.63, 3.8) is 0 Å². The highest BCUT2D eigenvalue weighted by atomic mass is 35.5. The summed E-state index contributed by atoms with van der Waals surface area (Å²) in [5.74, 6) is 0. The summed E-state index contributed by atoms with van der Waals surface area (Å²) >= 11 is 6.10. The first-order valence-electron chi connectivity index (χ1n) is 7.13. The first-order chi connectivity index (χ1) is 10.0. The summed E-state index contributed by atoms with van der Waals surface area (Å²) in [6.07, 6.45) is 3.66. The Morgan fingerprint density at radius 1 is 1.14 bits per heavy atom. The SMILES string of the molecule is CC(N)C(c1cccnc1)N(C)C(C)c1cccc(Cl)c1. The van der Waals surface area contributed by atoms with Gasteiger partial charge in [-0.05, 0) is 50.2 Å². The molecular weight excluding hydrogens is 282 g/mol. The molecule has 0 spiro atoms. The molecule has 2 aromatic rings. The normalized spacial score (nSPS) is 15.7. The number of rotatable bonds is 5. The van der Waals surface area contributed by atoms with Crippen LogP contribution in [0.1, 0.15) is 37.1 Å². The van der Waals surface area contributed by atoms with Gasteiger partial charge in [-0.3, -0.25) is 9.88 Å². The second-order valence-corrected chi connectivity index (χ2v) is 5.92. The number of nitrogens with two attached hydrogens (primary N) is 1. The molecule has 3 unspecified atom stereocenters. The van der Waals surface area contributed by atoms with Crippen molar-refractivity contribution in [1.82, 2.24) is 9.88 Å². The lowest BCUT2D eigenvalue weighted by atomic mass is 9.97. The quantitative estimate of drug-likeness (QED) is 0.913. The van der Waals surface area contributed by atoms with E-state index < -0.39 is 0 Å². The van der Waals surface area contributed by atoms with Crippen molar-refractivity contribution in [1.29, 1.82) is 0 Å². The van der Waals surface area contributed by atoms with Crippen molar-refractivity contribution in [3.8, 4) is 0 Å². The van der Waals surface area contributed by atoms with Gasteiger partial charge in [-0.25, -0.2) is 0 Å². The summed E-state index contributed by atoms with van der Waals surface area (Å²) in [6, 6.07) is 12.3. The smallest absolute Gasteiger partial charge is 0.0514 e. The van der Waals surface area contributed by atoms with Crippen molar-refractivity contribution >= 4 is 11.6 Å². The van der Waals surface area contributed by atoms with E-state index in [4.69, 9.17) is 17.3 Å². The van der Waals surface area contributed by atoms with Crippen LogP contribution in [0.3, 0.4) is 0 Å². The molecule has 2 rings (SSSR count). The molecule has 0 aliphatic carbocycles. The van der Waals surface area contributed by atoms with E-state index in [0.29, 0.717) is 0 Å². The monoisotopic (exact) mass is 303 g/mol. The topological polar surface area (TPSA) is 42.1 Å². The third-order valence-corrected chi connectivity index (χ3v) is 4.14. The minimum absolute atomic E-state index is 0.000772. The number of aromatic nitrogens is 1. The zero-order valence-electron chi connectivity index (χ0n) is 12.7. The molecule has 1 aromatic heterocycles. The predicted octanol–water partition coefficient (Wildman–Crippen LogP) is 3.82. The molecule has 1 heterocycles. The number of pyridine rings is 1. The van der Waals surface area contributed by atoms with Gasteiger partial charge in [0.2, 0.25) is 0 Å². The van der Waals surface area contributed by atoms with Crippen molar-refractivity contribution in [2.24, 2.45) is 5.73 Å². The van der Waals surface area contributed by atoms with E-state index in [2.05, 4.69) is 36.0 Å². The Hall–Kier alpha value is -1.42. The third kappa shape index (κ3) is 3.82. The number of hydrogen-bond donors (Lipinski definition) is 1. The molecular formula is C17H22ClN3. The number of likely N-dealkylation sites (N-methyl/N-ethyl adjacent to an activating group) is 1. The van der Waals surface area contributed by atoms with Crippen LogP contribution in [0.15, 0.2) is 48.8 Å². The first-order valence-corrected chi connectivity index (χ1v) is 7.51. The van der Waals surface area contributed by atoms with Gasteiger partial charge in [-0.15, -0.1) is 0 Å². The highest BCUT2D eigenvalue weighted by molar-refractivity contribution is 6.30. The van der Waals surface area contributed by atoms with Crippen molar-refractivity contribution in [2.75, 3.05) is 7.05 Å². The molecule has 2 N–H and O–H groups in total. The van der Waals surface area contributed by atoms with Crippen LogP contribution in [0.4, 0.5) is 0 Å². The molecule has 112 valence electrons. The number of nitrogens with zero attached hydrogens (tertiary/aromatic N) is 2. The van der Waals surface area contributed by atoms with Crippen molar-refractivity contribution < 1.29 is 0 Å². The summed E-state index contributed by atoms with van der Waals surface area (Å²) in [7, 11) is 2.09. The molecule has 1 aromatic carbocycles. The lowest BCUT2D eigenvalue weighted by Crippen LogP contribution is -2.38. The van der Waals surface area contributed by atoms with Gasteiger partial charge >= 0.3 is 0 Å². The Bertz CT molecular complexity index is 571. The van der Waals surface area contributed by atoms with E-state index in [9.17, 15) is 0 Å². The van der Waals surface area contributed by atoms with Crippen LogP contribution in [0.2, 0.25) is 5.02 Å². The summed E-state index contributed by atoms with van der Waals surface area (Å²) in [5.41, 5.74) is 8.53. The largest absolute Gasteiger partial charge is 0.326 e. The molecule has 0 aliphatic heterocycles. The summed E-state index contributed by atoms with van der Waals surface area (Å²) in [6.45, 7) is 4.19. The number of benzene rings is 1. The van der Waals surface area contributed by atoms with E-state index in [1.807, 2.05) is 37.4 Å². The summed E-state index contributed by atoms with van der Waals surface area (Å²) in [5, 5.41) is 0.756. The maximum atomic E-state index is 6.22. The second-order valence-electron chi connectivity index (χ2n) is 5.49. The van der Waals surface area contributed by atoms with Gasteiger partial charge in [0, 0.05) is 29.5 Å². The van der Waals surface area contributed by atoms with E-state index in [1.54, 1.807) is 6.20 Å². The average Bonchev–Trinajstić information content (AvgIpc) is 2.47. The fraction of sp³-hybridized carbons (Fsp3) is 0.353. The lowest BCUT2D eigenvalue weighted by molar-refractivity contribution is 0.165. The Kier molecular flexibility index (Phi) is 5.34. The predicted molar refractivity (Wildman–Crippen MR) is 88.3 cm³/mol. The maximum Gasteiger partial charge on any atom is 0.0514 e. The minimum Gasteiger partial charge on any atom is -0.326 e. The number of halogens is 1. The van der Waals surface area contributed by atoms with E-state index in [0.717, 1.165) is 10.6 Å². The van der Waals surface area contributed by atoms with Gasteiger partial charge in [0.25, 0.3) is 0 Å². The van der Waals surface area contributed by atoms with Gasteiger partial charge in [0.1, 0.15) is 0 Å². The van der Waals surface area contributed by atoms with Crippen LogP contribution in [0, 0.1) is 0 Å². The Morgan fingerprint density at radius 2 is 1.86 bits per heavy atom. The molecule has 4 heteroatoms. The highest BCUT2D eigenvalue weighted by Gasteiger charge is 2.25. The van der Waals surface area contributed by atoms with Gasteiger partial charge in [-0.2, -0.15) is 0 Å². The highest BCUT2D eigenvalue weighted by Crippen LogP contribution is 2.31. The van der Waals surface area contributed by atoms with Gasteiger partial charge in [0.05, 0.1) is 6.04 Å². The first kappa shape index (κ1) is 16.0. The van der Waals surface area contributed by atoms with Crippen molar-refractivity contribution in [3.05, 3.63) is 64.9 Å². The van der Waals surface area contributed by atoms with Crippen LogP contribution in [-0.4, -0.2) is 23.0 Å². The Balaban J connectivity index is 2.28. The van der Waals surface area contributed by atoms with Crippen LogP contribution < -0.4 is 5.73 Å². The number of hydrogen-bond acceptors (Lipinski definition) is 3. The standard InChI is InChI=1S/C17H22ClN3/c1-12(19)17(15-7-5-9-20-11-15)21(3)13(2)14-6-4-8-16(18)10-14/h4-13,17H,19H2,1-3H3. The molecule has 3 nitrogen and oxygen atoms in total. The van der Waals surface area contributed by atoms with Gasteiger partial charge in [-0.1, -0.05) is 29.8 Å². The maximum absolute atomic E-state index is 6.22. The fourth-order valence-electron chi connectivity index (χ4n) is 2.70. The minimum atomic E-state index is 0.000772. The Labute approximate surface area is 131 Å². The summed E-state index contributed by atoms with van der Waals surface area (Å²) < 4.78 is 0. The van der Waals surface area contributed by atoms with Gasteiger partial charge < -0.3 is 5.73 Å². The zero-order chi connectivity index (χ0) is 15.4. The average molecular weight is 304 g/mol. The third-order valence-electron chi connectivity index (χ3n) is 3.90. The molecule has 21 heavy (non-hydrogen) atoms. The van der Waals surface area contributed by atoms with Crippen molar-refractivity contribution in [2.45, 2.75) is 32.0 Å². The van der Waals surface area contributed by atoms with Crippen LogP contribution in [0.25, 0.3) is 0 Å². The van der Waals surface area contributed by atoms with Gasteiger partial charge in [0.15, 0.2) is 0 Å². The van der Waals surface area contributed by atoms with E-state index in [-0.39, 0.29) is 18.1 Å².